The molecule has 1 saturated carbocycles. The Bertz CT molecular complexity index is 298. The first-order valence-electron chi connectivity index (χ1n) is 8.90. The largest absolute Gasteiger partial charge is 0.313 e. The molecule has 2 fully saturated rings. The second-order valence-electron chi connectivity index (χ2n) is 8.29. The summed E-state index contributed by atoms with van der Waals surface area (Å²) >= 11 is 0. The zero-order valence-electron chi connectivity index (χ0n) is 14.4. The molecular formula is C18H36N2. The van der Waals surface area contributed by atoms with Crippen LogP contribution in [0.5, 0.6) is 0 Å². The van der Waals surface area contributed by atoms with Gasteiger partial charge < -0.3 is 5.32 Å². The summed E-state index contributed by atoms with van der Waals surface area (Å²) in [6.45, 7) is 15.7. The van der Waals surface area contributed by atoms with Gasteiger partial charge in [-0.25, -0.2) is 0 Å². The Labute approximate surface area is 126 Å². The third-order valence-corrected chi connectivity index (χ3v) is 5.67. The van der Waals surface area contributed by atoms with E-state index >= 15 is 0 Å². The van der Waals surface area contributed by atoms with Gasteiger partial charge in [-0.3, -0.25) is 4.90 Å². The maximum Gasteiger partial charge on any atom is 0.0252 e. The van der Waals surface area contributed by atoms with Gasteiger partial charge in [-0.15, -0.1) is 0 Å². The molecule has 2 nitrogen and oxygen atoms in total. The molecule has 20 heavy (non-hydrogen) atoms. The number of hydrogen-bond donors (Lipinski definition) is 1. The average molecular weight is 280 g/mol. The normalized spacial score (nSPS) is 35.4. The second kappa shape index (κ2) is 6.79. The molecule has 118 valence electrons. The summed E-state index contributed by atoms with van der Waals surface area (Å²) in [4.78, 5) is 2.82. The first-order chi connectivity index (χ1) is 9.43. The minimum absolute atomic E-state index is 0.514. The van der Waals surface area contributed by atoms with Crippen molar-refractivity contribution in [3.8, 4) is 0 Å². The van der Waals surface area contributed by atoms with Crippen molar-refractivity contribution in [3.63, 3.8) is 0 Å². The van der Waals surface area contributed by atoms with E-state index in [1.54, 1.807) is 0 Å². The zero-order chi connectivity index (χ0) is 14.8. The zero-order valence-corrected chi connectivity index (χ0v) is 14.4. The standard InChI is InChI=1S/C18H36N2/c1-6-19-16-9-8-15(14(2)3)12-17(16)20-11-7-10-18(4,5)13-20/h14-17,19H,6-13H2,1-5H3. The van der Waals surface area contributed by atoms with Gasteiger partial charge in [0.25, 0.3) is 0 Å². The Balaban J connectivity index is 2.06. The number of likely N-dealkylation sites (N-methyl/N-ethyl adjacent to an activating group) is 1. The highest BCUT2D eigenvalue weighted by Gasteiger charge is 2.38. The Morgan fingerprint density at radius 3 is 2.60 bits per heavy atom. The number of piperidine rings is 1. The Morgan fingerprint density at radius 2 is 2.00 bits per heavy atom. The highest BCUT2D eigenvalue weighted by Crippen LogP contribution is 2.37. The molecule has 0 radical (unpaired) electrons. The number of nitrogens with one attached hydrogen (secondary N) is 1. The highest BCUT2D eigenvalue weighted by atomic mass is 15.2. The van der Waals surface area contributed by atoms with Crippen LogP contribution in [-0.4, -0.2) is 36.6 Å². The summed E-state index contributed by atoms with van der Waals surface area (Å²) in [5, 5.41) is 3.78. The summed E-state index contributed by atoms with van der Waals surface area (Å²) in [6, 6.07) is 1.50. The highest BCUT2D eigenvalue weighted by molar-refractivity contribution is 4.94. The lowest BCUT2D eigenvalue weighted by Crippen LogP contribution is -2.57. The molecule has 1 aliphatic carbocycles. The lowest BCUT2D eigenvalue weighted by Gasteiger charge is -2.48. The number of likely N-dealkylation sites (tertiary alicyclic amines) is 1. The molecule has 1 N–H and O–H groups in total. The van der Waals surface area contributed by atoms with Crippen molar-refractivity contribution in [1.82, 2.24) is 10.2 Å². The van der Waals surface area contributed by atoms with Gasteiger partial charge in [-0.05, 0) is 62.4 Å². The topological polar surface area (TPSA) is 15.3 Å². The van der Waals surface area contributed by atoms with E-state index in [9.17, 15) is 0 Å². The molecule has 0 amide bonds. The molecule has 0 spiro atoms. The van der Waals surface area contributed by atoms with Crippen molar-refractivity contribution in [2.24, 2.45) is 17.3 Å². The smallest absolute Gasteiger partial charge is 0.0252 e. The lowest BCUT2D eigenvalue weighted by atomic mass is 9.74. The molecule has 2 heteroatoms. The molecule has 2 aliphatic rings. The van der Waals surface area contributed by atoms with E-state index in [0.29, 0.717) is 5.41 Å². The first-order valence-corrected chi connectivity index (χ1v) is 8.90. The van der Waals surface area contributed by atoms with E-state index in [0.717, 1.165) is 30.5 Å². The summed E-state index contributed by atoms with van der Waals surface area (Å²) in [5.74, 6) is 1.78. The Kier molecular flexibility index (Phi) is 5.53. The van der Waals surface area contributed by atoms with E-state index in [4.69, 9.17) is 0 Å². The second-order valence-corrected chi connectivity index (χ2v) is 8.29. The first kappa shape index (κ1) is 16.3. The van der Waals surface area contributed by atoms with Crippen LogP contribution in [-0.2, 0) is 0 Å². The molecule has 1 heterocycles. The van der Waals surface area contributed by atoms with Crippen LogP contribution in [0.1, 0.15) is 66.7 Å². The quantitative estimate of drug-likeness (QED) is 0.840. The van der Waals surface area contributed by atoms with Crippen molar-refractivity contribution in [2.45, 2.75) is 78.8 Å². The van der Waals surface area contributed by atoms with Crippen molar-refractivity contribution in [1.29, 1.82) is 0 Å². The lowest BCUT2D eigenvalue weighted by molar-refractivity contribution is 0.0262. The molecular weight excluding hydrogens is 244 g/mol. The Morgan fingerprint density at radius 1 is 1.25 bits per heavy atom. The fourth-order valence-electron chi connectivity index (χ4n) is 4.44. The number of hydrogen-bond acceptors (Lipinski definition) is 2. The van der Waals surface area contributed by atoms with Crippen LogP contribution < -0.4 is 5.32 Å². The fourth-order valence-corrected chi connectivity index (χ4v) is 4.44. The third-order valence-electron chi connectivity index (χ3n) is 5.67. The van der Waals surface area contributed by atoms with Crippen LogP contribution in [0, 0.1) is 17.3 Å². The number of nitrogens with zero attached hydrogens (tertiary/aromatic N) is 1. The molecule has 0 aromatic rings. The van der Waals surface area contributed by atoms with Gasteiger partial charge in [0.2, 0.25) is 0 Å². The molecule has 0 aromatic carbocycles. The van der Waals surface area contributed by atoms with Gasteiger partial charge in [0.05, 0.1) is 0 Å². The van der Waals surface area contributed by atoms with Gasteiger partial charge in [-0.1, -0.05) is 34.6 Å². The van der Waals surface area contributed by atoms with E-state index in [-0.39, 0.29) is 0 Å². The van der Waals surface area contributed by atoms with Crippen molar-refractivity contribution in [3.05, 3.63) is 0 Å². The fraction of sp³-hybridized carbons (Fsp3) is 1.00. The Hall–Kier alpha value is -0.0800. The third kappa shape index (κ3) is 3.98. The van der Waals surface area contributed by atoms with Gasteiger partial charge in [0.15, 0.2) is 0 Å². The summed E-state index contributed by atoms with van der Waals surface area (Å²) < 4.78 is 0. The molecule has 0 bridgehead atoms. The number of rotatable bonds is 4. The van der Waals surface area contributed by atoms with Crippen LogP contribution in [0.4, 0.5) is 0 Å². The van der Waals surface area contributed by atoms with Crippen LogP contribution in [0.2, 0.25) is 0 Å². The van der Waals surface area contributed by atoms with Crippen molar-refractivity contribution >= 4 is 0 Å². The van der Waals surface area contributed by atoms with Gasteiger partial charge >= 0.3 is 0 Å². The molecule has 1 aliphatic heterocycles. The van der Waals surface area contributed by atoms with Crippen LogP contribution in [0.3, 0.4) is 0 Å². The van der Waals surface area contributed by atoms with E-state index in [1.165, 1.54) is 45.2 Å². The molecule has 1 saturated heterocycles. The predicted octanol–water partition coefficient (Wildman–Crippen LogP) is 3.91. The molecule has 3 unspecified atom stereocenters. The van der Waals surface area contributed by atoms with Gasteiger partial charge in [-0.2, -0.15) is 0 Å². The van der Waals surface area contributed by atoms with Crippen molar-refractivity contribution < 1.29 is 0 Å². The predicted molar refractivity (Wildman–Crippen MR) is 88.0 cm³/mol. The molecule has 2 rings (SSSR count). The van der Waals surface area contributed by atoms with Crippen molar-refractivity contribution in [2.75, 3.05) is 19.6 Å². The minimum Gasteiger partial charge on any atom is -0.313 e. The minimum atomic E-state index is 0.514. The SMILES string of the molecule is CCNC1CCC(C(C)C)CC1N1CCCC(C)(C)C1. The monoisotopic (exact) mass is 280 g/mol. The summed E-state index contributed by atoms with van der Waals surface area (Å²) in [6.07, 6.45) is 6.98. The maximum atomic E-state index is 3.78. The van der Waals surface area contributed by atoms with Gasteiger partial charge in [0, 0.05) is 18.6 Å². The van der Waals surface area contributed by atoms with Crippen LogP contribution in [0.15, 0.2) is 0 Å². The molecule has 3 atom stereocenters. The van der Waals surface area contributed by atoms with Gasteiger partial charge in [0.1, 0.15) is 0 Å². The van der Waals surface area contributed by atoms with E-state index in [1.807, 2.05) is 0 Å². The van der Waals surface area contributed by atoms with Crippen LogP contribution >= 0.6 is 0 Å². The maximum absolute atomic E-state index is 3.78. The van der Waals surface area contributed by atoms with Crippen LogP contribution in [0.25, 0.3) is 0 Å². The average Bonchev–Trinajstić information content (AvgIpc) is 2.38. The van der Waals surface area contributed by atoms with E-state index in [2.05, 4.69) is 44.8 Å². The van der Waals surface area contributed by atoms with E-state index < -0.39 is 0 Å². The summed E-state index contributed by atoms with van der Waals surface area (Å²) in [7, 11) is 0. The molecule has 0 aromatic heterocycles. The summed E-state index contributed by atoms with van der Waals surface area (Å²) in [5.41, 5.74) is 0.514.